The second-order valence-corrected chi connectivity index (χ2v) is 6.79. The maximum Gasteiger partial charge on any atom is 0.239 e. The van der Waals surface area contributed by atoms with E-state index in [1.807, 2.05) is 12.1 Å². The molecule has 0 spiro atoms. The van der Waals surface area contributed by atoms with Crippen LogP contribution in [-0.2, 0) is 0 Å². The maximum atomic E-state index is 5.97. The molecule has 0 saturated heterocycles. The molecule has 0 radical (unpaired) electrons. The predicted molar refractivity (Wildman–Crippen MR) is 88.8 cm³/mol. The van der Waals surface area contributed by atoms with Crippen LogP contribution in [-0.4, -0.2) is 24.7 Å². The molecule has 1 aromatic rings. The number of rotatable bonds is 5. The van der Waals surface area contributed by atoms with Crippen molar-refractivity contribution in [3.05, 3.63) is 12.1 Å². The SMILES string of the molecule is CC(C)COc1nc(N(C)C2CCC(C)CC2)ccc1N. The Kier molecular flexibility index (Phi) is 5.32. The molecule has 1 aromatic heterocycles. The first-order valence-electron chi connectivity index (χ1n) is 8.09. The number of nitrogen functional groups attached to an aromatic ring is 1. The summed E-state index contributed by atoms with van der Waals surface area (Å²) in [6.07, 6.45) is 5.10. The lowest BCUT2D eigenvalue weighted by Gasteiger charge is -2.34. The summed E-state index contributed by atoms with van der Waals surface area (Å²) in [7, 11) is 2.13. The zero-order valence-electron chi connectivity index (χ0n) is 13.8. The van der Waals surface area contributed by atoms with E-state index in [1.165, 1.54) is 25.7 Å². The van der Waals surface area contributed by atoms with Crippen molar-refractivity contribution in [3.8, 4) is 5.88 Å². The van der Waals surface area contributed by atoms with Crippen LogP contribution < -0.4 is 15.4 Å². The van der Waals surface area contributed by atoms with Gasteiger partial charge in [0.25, 0.3) is 0 Å². The Morgan fingerprint density at radius 3 is 2.57 bits per heavy atom. The molecular weight excluding hydrogens is 262 g/mol. The van der Waals surface area contributed by atoms with Crippen molar-refractivity contribution in [2.45, 2.75) is 52.5 Å². The van der Waals surface area contributed by atoms with Crippen LogP contribution in [0.4, 0.5) is 11.5 Å². The van der Waals surface area contributed by atoms with E-state index in [-0.39, 0.29) is 0 Å². The number of ether oxygens (including phenoxy) is 1. The highest BCUT2D eigenvalue weighted by atomic mass is 16.5. The maximum absolute atomic E-state index is 5.97. The van der Waals surface area contributed by atoms with Gasteiger partial charge in [-0.05, 0) is 49.7 Å². The molecule has 21 heavy (non-hydrogen) atoms. The second-order valence-electron chi connectivity index (χ2n) is 6.79. The number of pyridine rings is 1. The van der Waals surface area contributed by atoms with Gasteiger partial charge in [0.05, 0.1) is 12.3 Å². The Morgan fingerprint density at radius 1 is 1.29 bits per heavy atom. The zero-order chi connectivity index (χ0) is 15.4. The van der Waals surface area contributed by atoms with E-state index in [0.717, 1.165) is 11.7 Å². The van der Waals surface area contributed by atoms with Crippen molar-refractivity contribution in [2.75, 3.05) is 24.3 Å². The van der Waals surface area contributed by atoms with Crippen molar-refractivity contribution in [1.82, 2.24) is 4.98 Å². The highest BCUT2D eigenvalue weighted by molar-refractivity contribution is 5.54. The summed E-state index contributed by atoms with van der Waals surface area (Å²) in [5, 5.41) is 0. The Bertz CT molecular complexity index is 453. The lowest BCUT2D eigenvalue weighted by molar-refractivity contribution is 0.262. The molecule has 1 heterocycles. The van der Waals surface area contributed by atoms with E-state index in [2.05, 4.69) is 37.7 Å². The van der Waals surface area contributed by atoms with Crippen LogP contribution in [0.25, 0.3) is 0 Å². The Labute approximate surface area is 128 Å². The Morgan fingerprint density at radius 2 is 1.95 bits per heavy atom. The summed E-state index contributed by atoms with van der Waals surface area (Å²) in [4.78, 5) is 6.90. The summed E-state index contributed by atoms with van der Waals surface area (Å²) >= 11 is 0. The van der Waals surface area contributed by atoms with Crippen LogP contribution in [0.15, 0.2) is 12.1 Å². The molecule has 2 N–H and O–H groups in total. The first-order valence-corrected chi connectivity index (χ1v) is 8.09. The number of hydrogen-bond acceptors (Lipinski definition) is 4. The number of aromatic nitrogens is 1. The molecule has 2 rings (SSSR count). The normalized spacial score (nSPS) is 22.3. The molecule has 0 aliphatic heterocycles. The van der Waals surface area contributed by atoms with Crippen molar-refractivity contribution in [1.29, 1.82) is 0 Å². The number of anilines is 2. The summed E-state index contributed by atoms with van der Waals surface area (Å²) in [5.74, 6) is 2.85. The highest BCUT2D eigenvalue weighted by Gasteiger charge is 2.23. The minimum absolute atomic E-state index is 0.465. The molecule has 4 heteroatoms. The monoisotopic (exact) mass is 291 g/mol. The van der Waals surface area contributed by atoms with Gasteiger partial charge in [-0.2, -0.15) is 4.98 Å². The first-order chi connectivity index (χ1) is 9.97. The van der Waals surface area contributed by atoms with Gasteiger partial charge in [0.1, 0.15) is 5.82 Å². The minimum atomic E-state index is 0.465. The van der Waals surface area contributed by atoms with Crippen molar-refractivity contribution in [3.63, 3.8) is 0 Å². The Balaban J connectivity index is 2.06. The van der Waals surface area contributed by atoms with Crippen LogP contribution >= 0.6 is 0 Å². The molecule has 1 aliphatic rings. The van der Waals surface area contributed by atoms with Gasteiger partial charge in [0.2, 0.25) is 5.88 Å². The zero-order valence-corrected chi connectivity index (χ0v) is 13.8. The van der Waals surface area contributed by atoms with Crippen molar-refractivity contribution < 1.29 is 4.74 Å². The molecular formula is C17H29N3O. The molecule has 0 bridgehead atoms. The van der Waals surface area contributed by atoms with Gasteiger partial charge in [-0.3, -0.25) is 0 Å². The fourth-order valence-electron chi connectivity index (χ4n) is 2.82. The van der Waals surface area contributed by atoms with Gasteiger partial charge >= 0.3 is 0 Å². The molecule has 1 saturated carbocycles. The van der Waals surface area contributed by atoms with Crippen LogP contribution in [0.1, 0.15) is 46.5 Å². The molecule has 118 valence electrons. The average Bonchev–Trinajstić information content (AvgIpc) is 2.46. The number of nitrogens with zero attached hydrogens (tertiary/aromatic N) is 2. The van der Waals surface area contributed by atoms with Crippen LogP contribution in [0.5, 0.6) is 5.88 Å². The van der Waals surface area contributed by atoms with E-state index in [1.54, 1.807) is 0 Å². The standard InChI is InChI=1S/C17H29N3O/c1-12(2)11-21-17-15(18)9-10-16(19-17)20(4)14-7-5-13(3)6-8-14/h9-10,12-14H,5-8,11,18H2,1-4H3. The molecule has 0 unspecified atom stereocenters. The van der Waals surface area contributed by atoms with E-state index in [9.17, 15) is 0 Å². The summed E-state index contributed by atoms with van der Waals surface area (Å²) < 4.78 is 5.73. The molecule has 1 aliphatic carbocycles. The van der Waals surface area contributed by atoms with Gasteiger partial charge in [0, 0.05) is 13.1 Å². The van der Waals surface area contributed by atoms with Gasteiger partial charge < -0.3 is 15.4 Å². The predicted octanol–water partition coefficient (Wildman–Crippen LogP) is 3.71. The van der Waals surface area contributed by atoms with E-state index < -0.39 is 0 Å². The van der Waals surface area contributed by atoms with Crippen LogP contribution in [0, 0.1) is 11.8 Å². The molecule has 0 amide bonds. The van der Waals surface area contributed by atoms with Crippen molar-refractivity contribution in [2.24, 2.45) is 11.8 Å². The van der Waals surface area contributed by atoms with E-state index >= 15 is 0 Å². The summed E-state index contributed by atoms with van der Waals surface area (Å²) in [6, 6.07) is 4.48. The van der Waals surface area contributed by atoms with E-state index in [4.69, 9.17) is 10.5 Å². The molecule has 4 nitrogen and oxygen atoms in total. The van der Waals surface area contributed by atoms with Crippen LogP contribution in [0.2, 0.25) is 0 Å². The van der Waals surface area contributed by atoms with Gasteiger partial charge in [-0.25, -0.2) is 0 Å². The topological polar surface area (TPSA) is 51.4 Å². The lowest BCUT2D eigenvalue weighted by Crippen LogP contribution is -2.35. The van der Waals surface area contributed by atoms with Gasteiger partial charge in [-0.1, -0.05) is 20.8 Å². The largest absolute Gasteiger partial charge is 0.476 e. The highest BCUT2D eigenvalue weighted by Crippen LogP contribution is 2.30. The summed E-state index contributed by atoms with van der Waals surface area (Å²) in [5.41, 5.74) is 6.58. The third kappa shape index (κ3) is 4.26. The smallest absolute Gasteiger partial charge is 0.239 e. The first kappa shape index (κ1) is 15.9. The fraction of sp³-hybridized carbons (Fsp3) is 0.706. The molecule has 1 fully saturated rings. The Hall–Kier alpha value is -1.45. The van der Waals surface area contributed by atoms with Crippen molar-refractivity contribution >= 4 is 11.5 Å². The molecule has 0 atom stereocenters. The molecule has 0 aromatic carbocycles. The quantitative estimate of drug-likeness (QED) is 0.898. The minimum Gasteiger partial charge on any atom is -0.476 e. The van der Waals surface area contributed by atoms with E-state index in [0.29, 0.717) is 30.1 Å². The van der Waals surface area contributed by atoms with Crippen LogP contribution in [0.3, 0.4) is 0 Å². The lowest BCUT2D eigenvalue weighted by atomic mass is 9.87. The number of hydrogen-bond donors (Lipinski definition) is 1. The van der Waals surface area contributed by atoms with Gasteiger partial charge in [-0.15, -0.1) is 0 Å². The van der Waals surface area contributed by atoms with Gasteiger partial charge in [0.15, 0.2) is 0 Å². The number of nitrogens with two attached hydrogens (primary N) is 1. The second kappa shape index (κ2) is 7.01. The summed E-state index contributed by atoms with van der Waals surface area (Å²) in [6.45, 7) is 7.23. The third-order valence-corrected chi connectivity index (χ3v) is 4.32. The fourth-order valence-corrected chi connectivity index (χ4v) is 2.82. The average molecular weight is 291 g/mol. The third-order valence-electron chi connectivity index (χ3n) is 4.32.